The zero-order chi connectivity index (χ0) is 11.1. The maximum atomic E-state index is 12.6. The molecule has 0 aliphatic rings. The van der Waals surface area contributed by atoms with E-state index < -0.39 is 11.7 Å². The van der Waals surface area contributed by atoms with Crippen molar-refractivity contribution < 1.29 is 17.7 Å². The molecule has 0 atom stereocenters. The fourth-order valence-electron chi connectivity index (χ4n) is 1.58. The molecule has 1 aromatic heterocycles. The molecule has 0 N–H and O–H groups in total. The average Bonchev–Trinajstić information content (AvgIpc) is 2.15. The van der Waals surface area contributed by atoms with E-state index in [0.29, 0.717) is 5.39 Å². The summed E-state index contributed by atoms with van der Waals surface area (Å²) in [6.45, 7) is 0. The first-order chi connectivity index (χ1) is 6.98. The molecule has 0 unspecified atom stereocenters. The number of nitrogens with zero attached hydrogens (tertiary/aromatic N) is 1. The van der Waals surface area contributed by atoms with Crippen LogP contribution in [0.5, 0.6) is 0 Å². The molecular weight excluding hydrogens is 203 g/mol. The monoisotopic (exact) mass is 212 g/mol. The molecule has 1 heterocycles. The molecular formula is C11H9F3N+. The highest BCUT2D eigenvalue weighted by Gasteiger charge is 2.32. The van der Waals surface area contributed by atoms with Crippen LogP contribution in [-0.4, -0.2) is 0 Å². The third kappa shape index (κ3) is 1.79. The number of hydrogen-bond donors (Lipinski definition) is 0. The third-order valence-corrected chi connectivity index (χ3v) is 2.26. The topological polar surface area (TPSA) is 3.88 Å². The predicted molar refractivity (Wildman–Crippen MR) is 50.1 cm³/mol. The number of pyridine rings is 1. The van der Waals surface area contributed by atoms with Crippen LogP contribution < -0.4 is 4.57 Å². The molecule has 0 radical (unpaired) electrons. The summed E-state index contributed by atoms with van der Waals surface area (Å²) in [5.41, 5.74) is -0.583. The van der Waals surface area contributed by atoms with Gasteiger partial charge in [-0.15, -0.1) is 0 Å². The molecule has 0 saturated heterocycles. The Morgan fingerprint density at radius 3 is 2.53 bits per heavy atom. The lowest BCUT2D eigenvalue weighted by molar-refractivity contribution is -0.670. The number of aromatic nitrogens is 1. The molecule has 0 amide bonds. The first-order valence-corrected chi connectivity index (χ1v) is 4.44. The molecule has 15 heavy (non-hydrogen) atoms. The van der Waals surface area contributed by atoms with Gasteiger partial charge in [-0.1, -0.05) is 6.07 Å². The summed E-state index contributed by atoms with van der Waals surface area (Å²) < 4.78 is 39.6. The molecule has 0 bridgehead atoms. The Morgan fingerprint density at radius 2 is 1.87 bits per heavy atom. The van der Waals surface area contributed by atoms with E-state index >= 15 is 0 Å². The lowest BCUT2D eigenvalue weighted by Gasteiger charge is -2.08. The van der Waals surface area contributed by atoms with Crippen molar-refractivity contribution >= 4 is 10.8 Å². The van der Waals surface area contributed by atoms with Gasteiger partial charge in [0.05, 0.1) is 5.56 Å². The molecule has 1 nitrogen and oxygen atoms in total. The quantitative estimate of drug-likeness (QED) is 0.591. The number of hydrogen-bond acceptors (Lipinski definition) is 0. The van der Waals surface area contributed by atoms with E-state index in [1.165, 1.54) is 12.1 Å². The molecule has 78 valence electrons. The van der Waals surface area contributed by atoms with Gasteiger partial charge in [-0.3, -0.25) is 0 Å². The Morgan fingerprint density at radius 1 is 1.13 bits per heavy atom. The lowest BCUT2D eigenvalue weighted by atomic mass is 10.1. The first kappa shape index (κ1) is 9.96. The van der Waals surface area contributed by atoms with Crippen LogP contribution in [0.4, 0.5) is 13.2 Å². The average molecular weight is 212 g/mol. The largest absolute Gasteiger partial charge is 0.417 e. The molecule has 0 spiro atoms. The summed E-state index contributed by atoms with van der Waals surface area (Å²) in [7, 11) is 1.78. The van der Waals surface area contributed by atoms with Crippen LogP contribution in [0.2, 0.25) is 0 Å². The SMILES string of the molecule is C[n+]1ccc2c(C(F)(F)F)cccc2c1. The van der Waals surface area contributed by atoms with Crippen LogP contribution in [0.15, 0.2) is 36.7 Å². The maximum absolute atomic E-state index is 12.6. The number of benzene rings is 1. The first-order valence-electron chi connectivity index (χ1n) is 4.44. The zero-order valence-corrected chi connectivity index (χ0v) is 8.05. The predicted octanol–water partition coefficient (Wildman–Crippen LogP) is 2.68. The van der Waals surface area contributed by atoms with Gasteiger partial charge >= 0.3 is 6.18 Å². The molecule has 0 saturated carbocycles. The molecule has 0 fully saturated rings. The van der Waals surface area contributed by atoms with Crippen molar-refractivity contribution in [2.75, 3.05) is 0 Å². The Bertz CT molecular complexity index is 503. The summed E-state index contributed by atoms with van der Waals surface area (Å²) >= 11 is 0. The van der Waals surface area contributed by atoms with Gasteiger partial charge in [0.2, 0.25) is 0 Å². The number of halogens is 3. The van der Waals surface area contributed by atoms with Gasteiger partial charge in [0, 0.05) is 16.8 Å². The highest BCUT2D eigenvalue weighted by Crippen LogP contribution is 2.33. The fourth-order valence-corrected chi connectivity index (χ4v) is 1.58. The molecule has 2 aromatic rings. The van der Waals surface area contributed by atoms with Gasteiger partial charge in [-0.25, -0.2) is 4.57 Å². The van der Waals surface area contributed by atoms with Crippen LogP contribution >= 0.6 is 0 Å². The van der Waals surface area contributed by atoms with Gasteiger partial charge in [-0.2, -0.15) is 13.2 Å². The minimum Gasteiger partial charge on any atom is -0.207 e. The third-order valence-electron chi connectivity index (χ3n) is 2.26. The summed E-state index contributed by atoms with van der Waals surface area (Å²) in [5.74, 6) is 0. The van der Waals surface area contributed by atoms with Crippen molar-refractivity contribution in [3.63, 3.8) is 0 Å². The minimum atomic E-state index is -4.29. The fraction of sp³-hybridized carbons (Fsp3) is 0.182. The van der Waals surface area contributed by atoms with Gasteiger partial charge in [0.25, 0.3) is 0 Å². The molecule has 2 rings (SSSR count). The van der Waals surface area contributed by atoms with Crippen LogP contribution in [0.25, 0.3) is 10.8 Å². The standard InChI is InChI=1S/C11H9F3N/c1-15-6-5-9-8(7-15)3-2-4-10(9)11(12,13)14/h2-7H,1H3/q+1. The second kappa shape index (κ2) is 3.22. The molecule has 0 aliphatic heterocycles. The van der Waals surface area contributed by atoms with Crippen LogP contribution in [0.1, 0.15) is 5.56 Å². The maximum Gasteiger partial charge on any atom is 0.417 e. The number of alkyl halides is 3. The molecule has 4 heteroatoms. The summed E-state index contributed by atoms with van der Waals surface area (Å²) in [6, 6.07) is 5.68. The summed E-state index contributed by atoms with van der Waals surface area (Å²) in [4.78, 5) is 0. The van der Waals surface area contributed by atoms with Crippen LogP contribution in [-0.2, 0) is 13.2 Å². The van der Waals surface area contributed by atoms with Crippen LogP contribution in [0, 0.1) is 0 Å². The van der Waals surface area contributed by atoms with E-state index in [1.807, 2.05) is 0 Å². The summed E-state index contributed by atoms with van der Waals surface area (Å²) in [6.07, 6.45) is -1.01. The second-order valence-electron chi connectivity index (χ2n) is 3.42. The number of rotatable bonds is 0. The van der Waals surface area contributed by atoms with Crippen molar-refractivity contribution in [1.82, 2.24) is 0 Å². The van der Waals surface area contributed by atoms with Crippen molar-refractivity contribution in [2.45, 2.75) is 6.18 Å². The van der Waals surface area contributed by atoms with E-state index in [9.17, 15) is 13.2 Å². The number of aryl methyl sites for hydroxylation is 1. The summed E-state index contributed by atoms with van der Waals surface area (Å²) in [5, 5.41) is 0.831. The molecule has 0 aliphatic carbocycles. The highest BCUT2D eigenvalue weighted by molar-refractivity contribution is 5.84. The zero-order valence-electron chi connectivity index (χ0n) is 8.05. The van der Waals surface area contributed by atoms with E-state index in [4.69, 9.17) is 0 Å². The van der Waals surface area contributed by atoms with Gasteiger partial charge in [-0.05, 0) is 12.1 Å². The smallest absolute Gasteiger partial charge is 0.207 e. The van der Waals surface area contributed by atoms with Gasteiger partial charge in [0.1, 0.15) is 7.05 Å². The Labute approximate surface area is 84.8 Å². The van der Waals surface area contributed by atoms with Crippen molar-refractivity contribution in [3.8, 4) is 0 Å². The van der Waals surface area contributed by atoms with Crippen molar-refractivity contribution in [2.24, 2.45) is 7.05 Å². The number of fused-ring (bicyclic) bond motifs is 1. The normalized spacial score (nSPS) is 12.0. The second-order valence-corrected chi connectivity index (χ2v) is 3.42. The van der Waals surface area contributed by atoms with Crippen LogP contribution in [0.3, 0.4) is 0 Å². The Kier molecular flexibility index (Phi) is 2.14. The Hall–Kier alpha value is -1.58. The van der Waals surface area contributed by atoms with E-state index in [0.717, 1.165) is 6.07 Å². The van der Waals surface area contributed by atoms with Gasteiger partial charge in [0.15, 0.2) is 12.4 Å². The van der Waals surface area contributed by atoms with E-state index in [2.05, 4.69) is 0 Å². The van der Waals surface area contributed by atoms with Gasteiger partial charge < -0.3 is 0 Å². The minimum absolute atomic E-state index is 0.239. The van der Waals surface area contributed by atoms with E-state index in [-0.39, 0.29) is 5.39 Å². The lowest BCUT2D eigenvalue weighted by Crippen LogP contribution is -2.26. The van der Waals surface area contributed by atoms with Crippen molar-refractivity contribution in [1.29, 1.82) is 0 Å². The van der Waals surface area contributed by atoms with Crippen molar-refractivity contribution in [3.05, 3.63) is 42.2 Å². The molecule has 1 aromatic carbocycles. The highest BCUT2D eigenvalue weighted by atomic mass is 19.4. The Balaban J connectivity index is 2.77. The van der Waals surface area contributed by atoms with E-state index in [1.54, 1.807) is 30.1 Å².